The third-order valence-electron chi connectivity index (χ3n) is 2.90. The van der Waals surface area contributed by atoms with E-state index in [1.54, 1.807) is 4.99 Å². The van der Waals surface area contributed by atoms with Gasteiger partial charge in [-0.2, -0.15) is 5.10 Å². The third-order valence-corrected chi connectivity index (χ3v) is 4.58. The first-order valence-electron chi connectivity index (χ1n) is 5.90. The van der Waals surface area contributed by atoms with Crippen LogP contribution in [0.25, 0.3) is 0 Å². The van der Waals surface area contributed by atoms with Crippen molar-refractivity contribution < 1.29 is 13.9 Å². The minimum atomic E-state index is -1.60. The lowest BCUT2D eigenvalue weighted by molar-refractivity contribution is 0.0137. The fraction of sp³-hybridized carbons (Fsp3) is 0.231. The van der Waals surface area contributed by atoms with E-state index in [-0.39, 0.29) is 18.5 Å². The monoisotopic (exact) mass is 421 g/mol. The molecule has 0 aliphatic carbocycles. The van der Waals surface area contributed by atoms with Gasteiger partial charge in [-0.15, -0.1) is 0 Å². The molecular formula is C13H11Br2F2N3O. The van der Waals surface area contributed by atoms with Gasteiger partial charge in [-0.3, -0.25) is 0 Å². The van der Waals surface area contributed by atoms with Crippen LogP contribution >= 0.6 is 31.9 Å². The standard InChI is InChI=1S/C13H11Br2F2N3O/c14-5-9(15)4-13(21,6-20-8-18-7-19-20)11-2-1-10(16)3-12(11)17/h1-3,5,7-8,21H,4,6H2. The van der Waals surface area contributed by atoms with Gasteiger partial charge in [-0.25, -0.2) is 18.4 Å². The Morgan fingerprint density at radius 2 is 2.19 bits per heavy atom. The van der Waals surface area contributed by atoms with Gasteiger partial charge in [0, 0.05) is 22.5 Å². The number of aromatic nitrogens is 3. The number of halogens is 4. The van der Waals surface area contributed by atoms with E-state index in [4.69, 9.17) is 0 Å². The Balaban J connectivity index is 2.43. The molecule has 0 aliphatic heterocycles. The molecular weight excluding hydrogens is 412 g/mol. The molecule has 0 fully saturated rings. The van der Waals surface area contributed by atoms with Crippen LogP contribution in [0, 0.1) is 11.6 Å². The van der Waals surface area contributed by atoms with Crippen molar-refractivity contribution in [2.24, 2.45) is 0 Å². The summed E-state index contributed by atoms with van der Waals surface area (Å²) in [6, 6.07) is 3.08. The van der Waals surface area contributed by atoms with Crippen molar-refractivity contribution in [3.8, 4) is 0 Å². The average molecular weight is 423 g/mol. The molecule has 0 saturated heterocycles. The average Bonchev–Trinajstić information content (AvgIpc) is 2.90. The van der Waals surface area contributed by atoms with Crippen LogP contribution < -0.4 is 0 Å². The lowest BCUT2D eigenvalue weighted by atomic mass is 9.89. The fourth-order valence-corrected chi connectivity index (χ4v) is 2.63. The molecule has 2 rings (SSSR count). The van der Waals surface area contributed by atoms with Crippen LogP contribution in [0.4, 0.5) is 8.78 Å². The maximum Gasteiger partial charge on any atom is 0.137 e. The van der Waals surface area contributed by atoms with E-state index >= 15 is 0 Å². The summed E-state index contributed by atoms with van der Waals surface area (Å²) in [7, 11) is 0. The Morgan fingerprint density at radius 1 is 1.43 bits per heavy atom. The highest BCUT2D eigenvalue weighted by Crippen LogP contribution is 2.34. The molecule has 0 radical (unpaired) electrons. The van der Waals surface area contributed by atoms with Crippen LogP contribution in [0.5, 0.6) is 0 Å². The van der Waals surface area contributed by atoms with Crippen molar-refractivity contribution >= 4 is 31.9 Å². The van der Waals surface area contributed by atoms with Gasteiger partial charge in [0.1, 0.15) is 29.9 Å². The molecule has 1 N–H and O–H groups in total. The zero-order chi connectivity index (χ0) is 15.5. The molecule has 0 aliphatic rings. The normalized spacial score (nSPS) is 15.0. The van der Waals surface area contributed by atoms with Crippen LogP contribution in [0.3, 0.4) is 0 Å². The Hall–Kier alpha value is -1.12. The molecule has 0 bridgehead atoms. The van der Waals surface area contributed by atoms with E-state index in [2.05, 4.69) is 41.9 Å². The summed E-state index contributed by atoms with van der Waals surface area (Å²) < 4.78 is 29.1. The first kappa shape index (κ1) is 16.3. The zero-order valence-corrected chi connectivity index (χ0v) is 13.9. The summed E-state index contributed by atoms with van der Waals surface area (Å²) in [5.41, 5.74) is -1.61. The molecule has 4 nitrogen and oxygen atoms in total. The van der Waals surface area contributed by atoms with Crippen molar-refractivity contribution in [2.75, 3.05) is 0 Å². The molecule has 8 heteroatoms. The molecule has 1 aromatic carbocycles. The third kappa shape index (κ3) is 3.96. The summed E-state index contributed by atoms with van der Waals surface area (Å²) in [6.45, 7) is -0.0223. The summed E-state index contributed by atoms with van der Waals surface area (Å²) in [6.07, 6.45) is 2.82. The van der Waals surface area contributed by atoms with Gasteiger partial charge in [0.2, 0.25) is 0 Å². The van der Waals surface area contributed by atoms with Gasteiger partial charge in [-0.1, -0.05) is 37.9 Å². The van der Waals surface area contributed by atoms with Crippen molar-refractivity contribution in [1.29, 1.82) is 0 Å². The van der Waals surface area contributed by atoms with E-state index in [9.17, 15) is 13.9 Å². The number of hydrogen-bond donors (Lipinski definition) is 1. The molecule has 0 amide bonds. The van der Waals surface area contributed by atoms with Gasteiger partial charge >= 0.3 is 0 Å². The Bertz CT molecular complexity index is 649. The predicted octanol–water partition coefficient (Wildman–Crippen LogP) is 3.47. The Morgan fingerprint density at radius 3 is 2.76 bits per heavy atom. The fourth-order valence-electron chi connectivity index (χ4n) is 2.00. The first-order valence-corrected chi connectivity index (χ1v) is 7.60. The summed E-state index contributed by atoms with van der Waals surface area (Å²) in [5.74, 6) is -1.51. The second kappa shape index (κ2) is 6.76. The number of rotatable bonds is 5. The van der Waals surface area contributed by atoms with Crippen molar-refractivity contribution in [1.82, 2.24) is 14.8 Å². The second-order valence-electron chi connectivity index (χ2n) is 4.48. The minimum Gasteiger partial charge on any atom is -0.383 e. The molecule has 112 valence electrons. The number of nitrogens with zero attached hydrogens (tertiary/aromatic N) is 3. The number of hydrogen-bond acceptors (Lipinski definition) is 3. The number of benzene rings is 1. The van der Waals surface area contributed by atoms with Crippen LogP contribution in [-0.4, -0.2) is 19.9 Å². The molecule has 1 heterocycles. The quantitative estimate of drug-likeness (QED) is 0.802. The van der Waals surface area contributed by atoms with Crippen LogP contribution in [0.2, 0.25) is 0 Å². The summed E-state index contributed by atoms with van der Waals surface area (Å²) >= 11 is 6.41. The molecule has 1 aromatic heterocycles. The SMILES string of the molecule is OC(CC(Br)=CBr)(Cn1cncn1)c1ccc(F)cc1F. The molecule has 21 heavy (non-hydrogen) atoms. The van der Waals surface area contributed by atoms with Crippen molar-refractivity contribution in [3.05, 3.63) is 57.5 Å². The molecule has 0 spiro atoms. The van der Waals surface area contributed by atoms with Gasteiger partial charge in [0.05, 0.1) is 6.54 Å². The van der Waals surface area contributed by atoms with Crippen molar-refractivity contribution in [2.45, 2.75) is 18.6 Å². The van der Waals surface area contributed by atoms with E-state index in [0.717, 1.165) is 12.1 Å². The maximum absolute atomic E-state index is 14.0. The van der Waals surface area contributed by atoms with Gasteiger partial charge in [-0.05, 0) is 11.1 Å². The highest BCUT2D eigenvalue weighted by atomic mass is 79.9. The van der Waals surface area contributed by atoms with Crippen LogP contribution in [0.1, 0.15) is 12.0 Å². The lowest BCUT2D eigenvalue weighted by Gasteiger charge is -2.28. The second-order valence-corrected chi connectivity index (χ2v) is 5.96. The molecule has 1 atom stereocenters. The van der Waals surface area contributed by atoms with E-state index in [1.807, 2.05) is 0 Å². The topological polar surface area (TPSA) is 50.9 Å². The van der Waals surface area contributed by atoms with Gasteiger partial charge in [0.15, 0.2) is 0 Å². The summed E-state index contributed by atoms with van der Waals surface area (Å²) in [5, 5.41) is 14.8. The summed E-state index contributed by atoms with van der Waals surface area (Å²) in [4.78, 5) is 5.36. The van der Waals surface area contributed by atoms with Gasteiger partial charge < -0.3 is 5.11 Å². The van der Waals surface area contributed by atoms with E-state index < -0.39 is 17.2 Å². The van der Waals surface area contributed by atoms with Crippen LogP contribution in [-0.2, 0) is 12.1 Å². The molecule has 1 unspecified atom stereocenters. The molecule has 0 saturated carbocycles. The maximum atomic E-state index is 14.0. The zero-order valence-electron chi connectivity index (χ0n) is 10.7. The van der Waals surface area contributed by atoms with Crippen LogP contribution in [0.15, 0.2) is 40.3 Å². The smallest absolute Gasteiger partial charge is 0.137 e. The van der Waals surface area contributed by atoms with Gasteiger partial charge in [0.25, 0.3) is 0 Å². The molecule has 2 aromatic rings. The highest BCUT2D eigenvalue weighted by Gasteiger charge is 2.34. The van der Waals surface area contributed by atoms with E-state index in [1.165, 1.54) is 23.4 Å². The number of aliphatic hydroxyl groups is 1. The Labute approximate surface area is 136 Å². The Kier molecular flexibility index (Phi) is 5.23. The van der Waals surface area contributed by atoms with E-state index in [0.29, 0.717) is 4.48 Å². The largest absolute Gasteiger partial charge is 0.383 e. The lowest BCUT2D eigenvalue weighted by Crippen LogP contribution is -2.33. The minimum absolute atomic E-state index is 0.00861. The predicted molar refractivity (Wildman–Crippen MR) is 80.8 cm³/mol. The van der Waals surface area contributed by atoms with Crippen molar-refractivity contribution in [3.63, 3.8) is 0 Å². The highest BCUT2D eigenvalue weighted by molar-refractivity contribution is 9.14. The first-order chi connectivity index (χ1) is 9.94.